The number of hydrogen-bond donors (Lipinski definition) is 3. The van der Waals surface area contributed by atoms with Crippen molar-refractivity contribution in [1.29, 1.82) is 0 Å². The lowest BCUT2D eigenvalue weighted by molar-refractivity contribution is 0.478. The second-order valence-corrected chi connectivity index (χ2v) is 8.31. The fraction of sp³-hybridized carbons (Fsp3) is 0. The first-order valence-corrected chi connectivity index (χ1v) is 9.55. The van der Waals surface area contributed by atoms with E-state index in [9.17, 15) is 25.3 Å². The average molecular weight is 367 g/mol. The Morgan fingerprint density at radius 1 is 0.773 bits per heavy atom. The van der Waals surface area contributed by atoms with Crippen LogP contribution in [0.25, 0.3) is 10.8 Å². The molecule has 0 heterocycles. The van der Waals surface area contributed by atoms with Gasteiger partial charge in [-0.25, -0.2) is 0 Å². The van der Waals surface area contributed by atoms with E-state index in [1.54, 1.807) is 6.07 Å². The third-order valence-electron chi connectivity index (χ3n) is 2.63. The summed E-state index contributed by atoms with van der Waals surface area (Å²) in [7, 11) is -14.4. The maximum Gasteiger partial charge on any atom is 0.295 e. The van der Waals surface area contributed by atoms with Crippen molar-refractivity contribution >= 4 is 41.1 Å². The second kappa shape index (κ2) is 4.97. The maximum atomic E-state index is 11.3. The van der Waals surface area contributed by atoms with Crippen LogP contribution in [0.3, 0.4) is 0 Å². The third kappa shape index (κ3) is 3.26. The van der Waals surface area contributed by atoms with Gasteiger partial charge in [0.2, 0.25) is 0 Å². The molecular formula is C10H7O9S3. The van der Waals surface area contributed by atoms with Gasteiger partial charge in [0.15, 0.2) is 0 Å². The van der Waals surface area contributed by atoms with E-state index < -0.39 is 50.4 Å². The van der Waals surface area contributed by atoms with Gasteiger partial charge in [0.1, 0.15) is 9.79 Å². The summed E-state index contributed by atoms with van der Waals surface area (Å²) >= 11 is 0. The Bertz CT molecular complexity index is 1080. The zero-order chi connectivity index (χ0) is 16.9. The monoisotopic (exact) mass is 367 g/mol. The highest BCUT2D eigenvalue weighted by atomic mass is 32.2. The van der Waals surface area contributed by atoms with Crippen LogP contribution in [-0.4, -0.2) is 38.9 Å². The fourth-order valence-corrected chi connectivity index (χ4v) is 3.49. The van der Waals surface area contributed by atoms with Gasteiger partial charge >= 0.3 is 0 Å². The number of benzene rings is 2. The van der Waals surface area contributed by atoms with Crippen LogP contribution < -0.4 is 0 Å². The topological polar surface area (TPSA) is 163 Å². The van der Waals surface area contributed by atoms with Crippen molar-refractivity contribution in [2.45, 2.75) is 14.7 Å². The molecule has 0 amide bonds. The minimum Gasteiger partial charge on any atom is -0.282 e. The first-order valence-electron chi connectivity index (χ1n) is 5.23. The molecule has 2 aromatic carbocycles. The molecule has 0 bridgehead atoms. The molecule has 0 fully saturated rings. The van der Waals surface area contributed by atoms with Gasteiger partial charge < -0.3 is 0 Å². The maximum absolute atomic E-state index is 11.3. The van der Waals surface area contributed by atoms with E-state index in [2.05, 4.69) is 0 Å². The molecule has 12 heteroatoms. The van der Waals surface area contributed by atoms with Crippen LogP contribution in [0, 0.1) is 6.07 Å². The Morgan fingerprint density at radius 2 is 1.36 bits per heavy atom. The lowest BCUT2D eigenvalue weighted by Gasteiger charge is -2.07. The van der Waals surface area contributed by atoms with Gasteiger partial charge in [0.25, 0.3) is 30.4 Å². The number of fused-ring (bicyclic) bond motifs is 1. The van der Waals surface area contributed by atoms with E-state index >= 15 is 0 Å². The predicted octanol–water partition coefficient (Wildman–Crippen LogP) is 0.380. The summed E-state index contributed by atoms with van der Waals surface area (Å²) in [6.45, 7) is 0. The van der Waals surface area contributed by atoms with E-state index in [1.165, 1.54) is 0 Å². The lowest BCUT2D eigenvalue weighted by Crippen LogP contribution is -2.06. The van der Waals surface area contributed by atoms with E-state index in [0.29, 0.717) is 0 Å². The van der Waals surface area contributed by atoms with Crippen LogP contribution in [0.5, 0.6) is 0 Å². The Balaban J connectivity index is 3.03. The third-order valence-corrected chi connectivity index (χ3v) is 5.09. The van der Waals surface area contributed by atoms with Gasteiger partial charge in [-0.2, -0.15) is 25.3 Å². The molecule has 0 aliphatic heterocycles. The van der Waals surface area contributed by atoms with Gasteiger partial charge in [-0.3, -0.25) is 13.7 Å². The van der Waals surface area contributed by atoms with Crippen LogP contribution in [-0.2, 0) is 30.4 Å². The van der Waals surface area contributed by atoms with Gasteiger partial charge in [-0.1, -0.05) is 6.07 Å². The van der Waals surface area contributed by atoms with E-state index in [4.69, 9.17) is 13.7 Å². The van der Waals surface area contributed by atoms with Crippen LogP contribution in [0.4, 0.5) is 0 Å². The van der Waals surface area contributed by atoms with Crippen LogP contribution in [0.2, 0.25) is 0 Å². The molecule has 0 aliphatic carbocycles. The molecule has 119 valence electrons. The molecule has 0 spiro atoms. The van der Waals surface area contributed by atoms with Crippen LogP contribution in [0.15, 0.2) is 39.0 Å². The minimum absolute atomic E-state index is 0.119. The van der Waals surface area contributed by atoms with Crippen LogP contribution >= 0.6 is 0 Å². The quantitative estimate of drug-likeness (QED) is 0.650. The molecule has 0 aromatic heterocycles. The van der Waals surface area contributed by atoms with Crippen LogP contribution in [0.1, 0.15) is 0 Å². The Kier molecular flexibility index (Phi) is 3.80. The molecule has 2 aromatic rings. The van der Waals surface area contributed by atoms with Crippen molar-refractivity contribution in [3.05, 3.63) is 30.3 Å². The summed E-state index contributed by atoms with van der Waals surface area (Å²) in [5, 5.41) is -0.517. The average Bonchev–Trinajstić information content (AvgIpc) is 2.33. The normalized spacial score (nSPS) is 13.4. The van der Waals surface area contributed by atoms with Gasteiger partial charge in [0.05, 0.1) is 4.90 Å². The molecule has 0 saturated carbocycles. The standard InChI is InChI=1S/C10H7O9S3/c11-20(12,13)7-2-1-6-3-8(21(14,15)16)5-10(9(6)4-7)22(17,18)19/h1-4H,(H,11,12,13)(H,14,15,16)(H,17,18,19). The van der Waals surface area contributed by atoms with Crippen molar-refractivity contribution in [2.24, 2.45) is 0 Å². The van der Waals surface area contributed by atoms with Gasteiger partial charge in [0, 0.05) is 11.5 Å². The Hall–Kier alpha value is -1.57. The second-order valence-electron chi connectivity index (χ2n) is 4.14. The zero-order valence-electron chi connectivity index (χ0n) is 10.3. The zero-order valence-corrected chi connectivity index (χ0v) is 12.8. The largest absolute Gasteiger partial charge is 0.295 e. The molecule has 3 N–H and O–H groups in total. The molecule has 9 nitrogen and oxygen atoms in total. The van der Waals surface area contributed by atoms with Gasteiger partial charge in [-0.15, -0.1) is 0 Å². The lowest BCUT2D eigenvalue weighted by atomic mass is 10.1. The van der Waals surface area contributed by atoms with Crippen molar-refractivity contribution in [3.8, 4) is 0 Å². The van der Waals surface area contributed by atoms with E-state index in [0.717, 1.165) is 24.3 Å². The summed E-state index contributed by atoms with van der Waals surface area (Å²) in [5.74, 6) is 0. The summed E-state index contributed by atoms with van der Waals surface area (Å²) in [6, 6.07) is 5.22. The fourth-order valence-electron chi connectivity index (χ4n) is 1.72. The molecule has 2 rings (SSSR count). The Labute approximate surface area is 125 Å². The van der Waals surface area contributed by atoms with Crippen molar-refractivity contribution in [1.82, 2.24) is 0 Å². The highest BCUT2D eigenvalue weighted by Crippen LogP contribution is 2.28. The molecule has 1 radical (unpaired) electrons. The predicted molar refractivity (Wildman–Crippen MR) is 72.2 cm³/mol. The van der Waals surface area contributed by atoms with Gasteiger partial charge in [-0.05, 0) is 23.6 Å². The first-order chi connectivity index (χ1) is 9.80. The summed E-state index contributed by atoms with van der Waals surface area (Å²) in [5.41, 5.74) is 0. The highest BCUT2D eigenvalue weighted by Gasteiger charge is 2.22. The summed E-state index contributed by atoms with van der Waals surface area (Å²) < 4.78 is 94.0. The number of hydrogen-bond acceptors (Lipinski definition) is 6. The molecule has 0 atom stereocenters. The van der Waals surface area contributed by atoms with Crippen molar-refractivity contribution < 1.29 is 38.9 Å². The SMILES string of the molecule is O=S(=O)(O)c1[c]c(S(=O)(=O)O)c2cc(S(=O)(=O)O)ccc2c1. The smallest absolute Gasteiger partial charge is 0.282 e. The Morgan fingerprint density at radius 3 is 1.82 bits per heavy atom. The molecule has 0 unspecified atom stereocenters. The molecular weight excluding hydrogens is 360 g/mol. The molecule has 0 saturated heterocycles. The van der Waals surface area contributed by atoms with E-state index in [-0.39, 0.29) is 5.39 Å². The van der Waals surface area contributed by atoms with Crippen molar-refractivity contribution in [3.63, 3.8) is 0 Å². The number of rotatable bonds is 3. The molecule has 22 heavy (non-hydrogen) atoms. The summed E-state index contributed by atoms with van der Waals surface area (Å²) in [4.78, 5) is -2.65. The molecule has 0 aliphatic rings. The van der Waals surface area contributed by atoms with Crippen molar-refractivity contribution in [2.75, 3.05) is 0 Å². The van der Waals surface area contributed by atoms with E-state index in [1.807, 2.05) is 0 Å². The summed E-state index contributed by atoms with van der Waals surface area (Å²) in [6.07, 6.45) is 0. The first kappa shape index (κ1) is 16.8. The minimum atomic E-state index is -4.98. The highest BCUT2D eigenvalue weighted by molar-refractivity contribution is 7.87.